The molecule has 0 bridgehead atoms. The largest absolute Gasteiger partial charge is 0.458 e. The Labute approximate surface area is 226 Å². The van der Waals surface area contributed by atoms with Crippen molar-refractivity contribution in [1.82, 2.24) is 16.0 Å². The van der Waals surface area contributed by atoms with Crippen LogP contribution in [-0.4, -0.2) is 48.6 Å². The summed E-state index contributed by atoms with van der Waals surface area (Å²) in [6.07, 6.45) is 2.30. The number of rotatable bonds is 14. The van der Waals surface area contributed by atoms with Crippen LogP contribution in [0, 0.1) is 17.8 Å². The molecular weight excluding hydrogens is 486 g/mol. The molecule has 1 heterocycles. The van der Waals surface area contributed by atoms with E-state index in [0.717, 1.165) is 5.56 Å². The lowest BCUT2D eigenvalue weighted by molar-refractivity contribution is -0.136. The molecule has 1 aromatic carbocycles. The average molecular weight is 530 g/mol. The van der Waals surface area contributed by atoms with Gasteiger partial charge in [-0.2, -0.15) is 0 Å². The smallest absolute Gasteiger partial charge is 0.408 e. The van der Waals surface area contributed by atoms with Crippen molar-refractivity contribution in [2.24, 2.45) is 17.8 Å². The summed E-state index contributed by atoms with van der Waals surface area (Å²) in [4.78, 5) is 51.4. The van der Waals surface area contributed by atoms with Crippen LogP contribution in [0.5, 0.6) is 0 Å². The molecule has 0 aliphatic carbocycles. The summed E-state index contributed by atoms with van der Waals surface area (Å²) in [5.41, 5.74) is 1.26. The summed E-state index contributed by atoms with van der Waals surface area (Å²) in [5.74, 6) is -0.847. The lowest BCUT2D eigenvalue weighted by Crippen LogP contribution is -2.56. The molecule has 1 aliphatic heterocycles. The zero-order valence-electron chi connectivity index (χ0n) is 23.4. The Morgan fingerprint density at radius 1 is 0.816 bits per heavy atom. The fraction of sp³-hybridized carbons (Fsp3) is 0.586. The third-order valence-corrected chi connectivity index (χ3v) is 6.02. The summed E-state index contributed by atoms with van der Waals surface area (Å²) in [6.45, 7) is 12.1. The first-order valence-corrected chi connectivity index (χ1v) is 13.4. The van der Waals surface area contributed by atoms with Gasteiger partial charge < -0.3 is 25.4 Å². The minimum atomic E-state index is -0.875. The lowest BCUT2D eigenvalue weighted by atomic mass is 9.95. The van der Waals surface area contributed by atoms with Gasteiger partial charge in [0.05, 0.1) is 11.6 Å². The molecule has 9 heteroatoms. The van der Waals surface area contributed by atoms with Gasteiger partial charge in [0.1, 0.15) is 25.3 Å². The quantitative estimate of drug-likeness (QED) is 0.315. The number of carbonyl (C=O) groups excluding carboxylic acids is 4. The van der Waals surface area contributed by atoms with Crippen LogP contribution >= 0.6 is 0 Å². The Morgan fingerprint density at radius 3 is 1.89 bits per heavy atom. The van der Waals surface area contributed by atoms with Crippen molar-refractivity contribution < 1.29 is 28.7 Å². The molecule has 1 aliphatic rings. The maximum Gasteiger partial charge on any atom is 0.408 e. The summed E-state index contributed by atoms with van der Waals surface area (Å²) in [6, 6.07) is 7.03. The molecule has 0 radical (unpaired) electrons. The lowest BCUT2D eigenvalue weighted by Gasteiger charge is -2.27. The van der Waals surface area contributed by atoms with Crippen LogP contribution in [0.15, 0.2) is 42.0 Å². The van der Waals surface area contributed by atoms with E-state index in [1.807, 2.05) is 71.9 Å². The fourth-order valence-corrected chi connectivity index (χ4v) is 4.25. The summed E-state index contributed by atoms with van der Waals surface area (Å²) in [5, 5.41) is 8.45. The highest BCUT2D eigenvalue weighted by Gasteiger charge is 2.32. The van der Waals surface area contributed by atoms with Crippen molar-refractivity contribution in [3.05, 3.63) is 47.5 Å². The first-order valence-electron chi connectivity index (χ1n) is 13.4. The Bertz CT molecular complexity index is 974. The number of benzene rings is 1. The highest BCUT2D eigenvalue weighted by atomic mass is 16.5. The number of cyclic esters (lactones) is 1. The highest BCUT2D eigenvalue weighted by molar-refractivity contribution is 5.94. The molecule has 0 fully saturated rings. The summed E-state index contributed by atoms with van der Waals surface area (Å²) in [7, 11) is 0. The Balaban J connectivity index is 2.10. The van der Waals surface area contributed by atoms with Crippen molar-refractivity contribution in [1.29, 1.82) is 0 Å². The second kappa shape index (κ2) is 15.1. The van der Waals surface area contributed by atoms with Gasteiger partial charge in [-0.3, -0.25) is 9.59 Å². The molecule has 0 saturated carbocycles. The number of esters is 1. The molecule has 3 N–H and O–H groups in total. The van der Waals surface area contributed by atoms with E-state index in [1.54, 1.807) is 6.08 Å². The fourth-order valence-electron chi connectivity index (χ4n) is 4.25. The molecule has 0 spiro atoms. The minimum Gasteiger partial charge on any atom is -0.458 e. The van der Waals surface area contributed by atoms with E-state index in [9.17, 15) is 19.2 Å². The van der Waals surface area contributed by atoms with Crippen molar-refractivity contribution in [3.63, 3.8) is 0 Å². The van der Waals surface area contributed by atoms with E-state index in [2.05, 4.69) is 16.0 Å². The van der Waals surface area contributed by atoms with Crippen LogP contribution in [0.1, 0.15) is 66.4 Å². The Morgan fingerprint density at radius 2 is 1.37 bits per heavy atom. The van der Waals surface area contributed by atoms with E-state index in [0.29, 0.717) is 24.8 Å². The molecular formula is C29H43N3O6. The van der Waals surface area contributed by atoms with E-state index >= 15 is 0 Å². The predicted molar refractivity (Wildman–Crippen MR) is 145 cm³/mol. The third kappa shape index (κ3) is 10.6. The van der Waals surface area contributed by atoms with Gasteiger partial charge in [-0.15, -0.1) is 0 Å². The molecule has 0 saturated heterocycles. The Kier molecular flexibility index (Phi) is 12.3. The maximum atomic E-state index is 13.4. The second-order valence-corrected chi connectivity index (χ2v) is 11.0. The van der Waals surface area contributed by atoms with Crippen molar-refractivity contribution in [2.45, 2.75) is 85.5 Å². The monoisotopic (exact) mass is 529 g/mol. The van der Waals surface area contributed by atoms with Crippen LogP contribution in [0.2, 0.25) is 0 Å². The highest BCUT2D eigenvalue weighted by Crippen LogP contribution is 2.19. The number of hydrogen-bond acceptors (Lipinski definition) is 6. The zero-order chi connectivity index (χ0) is 28.2. The van der Waals surface area contributed by atoms with Crippen LogP contribution in [0.3, 0.4) is 0 Å². The average Bonchev–Trinajstić information content (AvgIpc) is 3.27. The molecule has 1 aromatic rings. The van der Waals surface area contributed by atoms with Crippen LogP contribution < -0.4 is 16.0 Å². The first-order chi connectivity index (χ1) is 18.0. The maximum absolute atomic E-state index is 13.4. The van der Waals surface area contributed by atoms with E-state index < -0.39 is 36.1 Å². The number of nitrogens with one attached hydrogen (secondary N) is 3. The van der Waals surface area contributed by atoms with Crippen molar-refractivity contribution in [2.75, 3.05) is 6.61 Å². The summed E-state index contributed by atoms with van der Waals surface area (Å²) < 4.78 is 10.4. The van der Waals surface area contributed by atoms with Crippen molar-refractivity contribution >= 4 is 23.9 Å². The normalized spacial score (nSPS) is 15.5. The van der Waals surface area contributed by atoms with Gasteiger partial charge in [-0.25, -0.2) is 9.59 Å². The predicted octanol–water partition coefficient (Wildman–Crippen LogP) is 3.87. The topological polar surface area (TPSA) is 123 Å². The number of carbonyl (C=O) groups is 4. The summed E-state index contributed by atoms with van der Waals surface area (Å²) >= 11 is 0. The molecule has 0 aromatic heterocycles. The van der Waals surface area contributed by atoms with Crippen molar-refractivity contribution in [3.8, 4) is 0 Å². The third-order valence-electron chi connectivity index (χ3n) is 6.02. The number of hydrogen-bond donors (Lipinski definition) is 3. The molecule has 9 nitrogen and oxygen atoms in total. The van der Waals surface area contributed by atoms with Crippen LogP contribution in [0.4, 0.5) is 4.79 Å². The van der Waals surface area contributed by atoms with Gasteiger partial charge in [-0.05, 0) is 48.7 Å². The van der Waals surface area contributed by atoms with Gasteiger partial charge in [-0.1, -0.05) is 71.9 Å². The standard InChI is InChI=1S/C29H43N3O6/c1-18(2)14-23(22-12-13-37-28(22)35)30-26(33)24(15-19(3)4)31-27(34)25(16-20(5)6)32-29(36)38-17-21-10-8-7-9-11-21/h7-12,18-20,23-25H,13-17H2,1-6H3,(H,30,33)(H,31,34)(H,32,36)/t23-,24-,25-/m0/s1. The minimum absolute atomic E-state index is 0.0800. The van der Waals surface area contributed by atoms with Gasteiger partial charge in [0.15, 0.2) is 0 Å². The molecule has 2 rings (SSSR count). The molecule has 38 heavy (non-hydrogen) atoms. The van der Waals surface area contributed by atoms with E-state index in [4.69, 9.17) is 9.47 Å². The van der Waals surface area contributed by atoms with E-state index in [-0.39, 0.29) is 36.9 Å². The van der Waals surface area contributed by atoms with Gasteiger partial charge in [0.25, 0.3) is 0 Å². The molecule has 0 unspecified atom stereocenters. The SMILES string of the molecule is CC(C)C[C@H](NC(=O)OCc1ccccc1)C(=O)N[C@@H](CC(C)C)C(=O)N[C@@H](CC(C)C)C1=CCOC1=O. The van der Waals surface area contributed by atoms with Gasteiger partial charge >= 0.3 is 12.1 Å². The van der Waals surface area contributed by atoms with Gasteiger partial charge in [0, 0.05) is 0 Å². The first kappa shape index (κ1) is 30.9. The number of ether oxygens (including phenoxy) is 2. The van der Waals surface area contributed by atoms with Crippen LogP contribution in [-0.2, 0) is 30.5 Å². The van der Waals surface area contributed by atoms with Crippen LogP contribution in [0.25, 0.3) is 0 Å². The zero-order valence-corrected chi connectivity index (χ0v) is 23.4. The Hall–Kier alpha value is -3.36. The molecule has 210 valence electrons. The second-order valence-electron chi connectivity index (χ2n) is 11.0. The van der Waals surface area contributed by atoms with E-state index in [1.165, 1.54) is 0 Å². The molecule has 3 amide bonds. The van der Waals surface area contributed by atoms with Gasteiger partial charge in [0.2, 0.25) is 11.8 Å². The number of alkyl carbamates (subject to hydrolysis) is 1. The number of amides is 3. The molecule has 3 atom stereocenters.